The molecule has 1 aromatic carbocycles. The minimum absolute atomic E-state index is 0.0623. The highest BCUT2D eigenvalue weighted by atomic mass is 35.5. The van der Waals surface area contributed by atoms with Crippen LogP contribution in [-0.2, 0) is 20.1 Å². The summed E-state index contributed by atoms with van der Waals surface area (Å²) < 4.78 is 1.83. The first kappa shape index (κ1) is 23.1. The highest BCUT2D eigenvalue weighted by molar-refractivity contribution is 6.41. The van der Waals surface area contributed by atoms with E-state index in [2.05, 4.69) is 20.9 Å². The summed E-state index contributed by atoms with van der Waals surface area (Å²) in [7, 11) is 1.87. The van der Waals surface area contributed by atoms with E-state index in [9.17, 15) is 4.79 Å². The number of rotatable bonds is 8. The summed E-state index contributed by atoms with van der Waals surface area (Å²) in [4.78, 5) is 17.0. The van der Waals surface area contributed by atoms with Crippen molar-refractivity contribution in [3.05, 3.63) is 57.3 Å². The van der Waals surface area contributed by atoms with Crippen molar-refractivity contribution in [1.82, 2.24) is 20.5 Å². The van der Waals surface area contributed by atoms with Gasteiger partial charge in [0.05, 0.1) is 18.1 Å². The molecule has 1 atom stereocenters. The number of halogens is 2. The summed E-state index contributed by atoms with van der Waals surface area (Å²) in [5, 5.41) is 10.5. The summed E-state index contributed by atoms with van der Waals surface area (Å²) in [6, 6.07) is 9.51. The molecule has 8 heteroatoms. The fourth-order valence-corrected chi connectivity index (χ4v) is 3.08. The Morgan fingerprint density at radius 2 is 1.97 bits per heavy atom. The van der Waals surface area contributed by atoms with Crippen LogP contribution in [0.1, 0.15) is 48.8 Å². The zero-order chi connectivity index (χ0) is 21.4. The van der Waals surface area contributed by atoms with Crippen molar-refractivity contribution in [3.63, 3.8) is 0 Å². The molecule has 2 aromatic rings. The van der Waals surface area contributed by atoms with Gasteiger partial charge in [-0.05, 0) is 44.0 Å². The van der Waals surface area contributed by atoms with Gasteiger partial charge in [0.2, 0.25) is 0 Å². The molecular weight excluding hydrogens is 409 g/mol. The van der Waals surface area contributed by atoms with Crippen molar-refractivity contribution in [3.8, 4) is 0 Å². The molecule has 1 amide bonds. The maximum atomic E-state index is 12.3. The minimum Gasteiger partial charge on any atom is -0.357 e. The van der Waals surface area contributed by atoms with E-state index in [1.807, 2.05) is 62.7 Å². The average molecular weight is 438 g/mol. The second-order valence-corrected chi connectivity index (χ2v) is 7.63. The van der Waals surface area contributed by atoms with Gasteiger partial charge in [-0.15, -0.1) is 0 Å². The topological polar surface area (TPSA) is 70.4 Å². The van der Waals surface area contributed by atoms with Crippen LogP contribution in [0.4, 0.5) is 0 Å². The minimum atomic E-state index is -0.0623. The zero-order valence-electron chi connectivity index (χ0n) is 17.4. The van der Waals surface area contributed by atoms with Gasteiger partial charge in [0, 0.05) is 30.9 Å². The molecule has 0 fully saturated rings. The standard InChI is InChI=1S/C21H29Cl2N5O/c1-5-14(3)27-20(29)16-9-7-8-15(10-16)12-25-21(24-6-2)26-13-17-11-18(22)19(23)28(17)4/h7-11,14H,5-6,12-13H2,1-4H3,(H,27,29)(H2,24,25,26). The number of nitrogens with one attached hydrogen (secondary N) is 3. The first-order chi connectivity index (χ1) is 13.8. The highest BCUT2D eigenvalue weighted by Gasteiger charge is 2.10. The lowest BCUT2D eigenvalue weighted by Gasteiger charge is -2.13. The summed E-state index contributed by atoms with van der Waals surface area (Å²) in [5.74, 6) is 0.614. The molecule has 29 heavy (non-hydrogen) atoms. The lowest BCUT2D eigenvalue weighted by atomic mass is 10.1. The van der Waals surface area contributed by atoms with E-state index in [0.717, 1.165) is 24.2 Å². The smallest absolute Gasteiger partial charge is 0.251 e. The number of carbonyl (C=O) groups excluding carboxylic acids is 1. The van der Waals surface area contributed by atoms with Crippen molar-refractivity contribution >= 4 is 35.1 Å². The van der Waals surface area contributed by atoms with Gasteiger partial charge in [-0.2, -0.15) is 0 Å². The Bertz CT molecular complexity index is 863. The second kappa shape index (κ2) is 11.1. The molecule has 6 nitrogen and oxygen atoms in total. The van der Waals surface area contributed by atoms with Crippen LogP contribution in [0.15, 0.2) is 35.3 Å². The molecule has 0 aliphatic carbocycles. The lowest BCUT2D eigenvalue weighted by Crippen LogP contribution is -2.37. The van der Waals surface area contributed by atoms with E-state index >= 15 is 0 Å². The number of nitrogens with zero attached hydrogens (tertiary/aromatic N) is 2. The van der Waals surface area contributed by atoms with E-state index < -0.39 is 0 Å². The number of aliphatic imine (C=N–C) groups is 1. The molecule has 0 aliphatic heterocycles. The fraction of sp³-hybridized carbons (Fsp3) is 0.429. The molecular formula is C21H29Cl2N5O. The Morgan fingerprint density at radius 3 is 2.59 bits per heavy atom. The fourth-order valence-electron chi connectivity index (χ4n) is 2.67. The van der Waals surface area contributed by atoms with Crippen molar-refractivity contribution in [2.75, 3.05) is 6.54 Å². The van der Waals surface area contributed by atoms with Crippen molar-refractivity contribution < 1.29 is 4.79 Å². The third kappa shape index (κ3) is 6.68. The first-order valence-corrected chi connectivity index (χ1v) is 10.5. The molecule has 158 valence electrons. The van der Waals surface area contributed by atoms with Gasteiger partial charge in [0.25, 0.3) is 5.91 Å². The molecule has 3 N–H and O–H groups in total. The first-order valence-electron chi connectivity index (χ1n) is 9.77. The van der Waals surface area contributed by atoms with Crippen LogP contribution in [0.5, 0.6) is 0 Å². The number of benzene rings is 1. The van der Waals surface area contributed by atoms with Gasteiger partial charge in [-0.1, -0.05) is 42.3 Å². The quantitative estimate of drug-likeness (QED) is 0.429. The van der Waals surface area contributed by atoms with E-state index in [1.165, 1.54) is 0 Å². The highest BCUT2D eigenvalue weighted by Crippen LogP contribution is 2.24. The maximum absolute atomic E-state index is 12.3. The van der Waals surface area contributed by atoms with E-state index in [0.29, 0.717) is 34.8 Å². The Hall–Kier alpha value is -2.18. The molecule has 0 saturated heterocycles. The Labute approximate surface area is 182 Å². The molecule has 0 aliphatic rings. The predicted molar refractivity (Wildman–Crippen MR) is 121 cm³/mol. The second-order valence-electron chi connectivity index (χ2n) is 6.87. The molecule has 1 unspecified atom stereocenters. The zero-order valence-corrected chi connectivity index (χ0v) is 18.9. The maximum Gasteiger partial charge on any atom is 0.251 e. The monoisotopic (exact) mass is 437 g/mol. The number of carbonyl (C=O) groups is 1. The summed E-state index contributed by atoms with van der Waals surface area (Å²) in [6.45, 7) is 7.77. The normalized spacial score (nSPS) is 12.6. The summed E-state index contributed by atoms with van der Waals surface area (Å²) in [6.07, 6.45) is 0.894. The molecule has 0 radical (unpaired) electrons. The number of hydrogen-bond donors (Lipinski definition) is 3. The van der Waals surface area contributed by atoms with Crippen LogP contribution >= 0.6 is 23.2 Å². The van der Waals surface area contributed by atoms with Crippen LogP contribution in [0.25, 0.3) is 0 Å². The molecule has 1 heterocycles. The van der Waals surface area contributed by atoms with Gasteiger partial charge in [-0.25, -0.2) is 4.99 Å². The van der Waals surface area contributed by atoms with Crippen LogP contribution in [0, 0.1) is 0 Å². The average Bonchev–Trinajstić information content (AvgIpc) is 2.96. The van der Waals surface area contributed by atoms with E-state index in [1.54, 1.807) is 0 Å². The van der Waals surface area contributed by atoms with E-state index in [-0.39, 0.29) is 11.9 Å². The van der Waals surface area contributed by atoms with Gasteiger partial charge in [0.15, 0.2) is 5.96 Å². The Kier molecular flexibility index (Phi) is 8.86. The molecule has 0 saturated carbocycles. The number of aromatic nitrogens is 1. The molecule has 0 bridgehead atoms. The molecule has 0 spiro atoms. The van der Waals surface area contributed by atoms with E-state index in [4.69, 9.17) is 23.2 Å². The number of hydrogen-bond acceptors (Lipinski definition) is 2. The van der Waals surface area contributed by atoms with Gasteiger partial charge in [0.1, 0.15) is 5.15 Å². The van der Waals surface area contributed by atoms with Crippen LogP contribution in [0.2, 0.25) is 10.2 Å². The lowest BCUT2D eigenvalue weighted by molar-refractivity contribution is 0.0939. The van der Waals surface area contributed by atoms with Crippen molar-refractivity contribution in [2.45, 2.75) is 46.3 Å². The predicted octanol–water partition coefficient (Wildman–Crippen LogP) is 4.12. The third-order valence-corrected chi connectivity index (χ3v) is 5.44. The summed E-state index contributed by atoms with van der Waals surface area (Å²) in [5.41, 5.74) is 2.56. The SMILES string of the molecule is CCNC(=NCc1cccc(C(=O)NC(C)CC)c1)NCc1cc(Cl)c(Cl)n1C. The number of guanidine groups is 1. The largest absolute Gasteiger partial charge is 0.357 e. The van der Waals surface area contributed by atoms with Gasteiger partial charge >= 0.3 is 0 Å². The number of amides is 1. The Balaban J connectivity index is 2.05. The Morgan fingerprint density at radius 1 is 1.21 bits per heavy atom. The van der Waals surface area contributed by atoms with Crippen molar-refractivity contribution in [2.24, 2.45) is 12.0 Å². The van der Waals surface area contributed by atoms with Crippen LogP contribution < -0.4 is 16.0 Å². The van der Waals surface area contributed by atoms with Gasteiger partial charge in [-0.3, -0.25) is 4.79 Å². The van der Waals surface area contributed by atoms with Gasteiger partial charge < -0.3 is 20.5 Å². The van der Waals surface area contributed by atoms with Crippen LogP contribution in [0.3, 0.4) is 0 Å². The van der Waals surface area contributed by atoms with Crippen molar-refractivity contribution in [1.29, 1.82) is 0 Å². The molecule has 2 rings (SSSR count). The summed E-state index contributed by atoms with van der Waals surface area (Å²) >= 11 is 12.2. The van der Waals surface area contributed by atoms with Crippen LogP contribution in [-0.4, -0.2) is 29.0 Å². The molecule has 1 aromatic heterocycles. The third-order valence-electron chi connectivity index (χ3n) is 4.60.